The van der Waals surface area contributed by atoms with Gasteiger partial charge in [0.25, 0.3) is 0 Å². The SMILES string of the molecule is COC(=O)[C@@]12C[C@](C)(CCO)[C@](C(=O)OC)(C1)C(c1ccccc1)=C2c1ccccc1. The summed E-state index contributed by atoms with van der Waals surface area (Å²) < 4.78 is 10.7. The van der Waals surface area contributed by atoms with Crippen LogP contribution in [0, 0.1) is 16.2 Å². The van der Waals surface area contributed by atoms with E-state index in [0.717, 1.165) is 22.3 Å². The van der Waals surface area contributed by atoms with Gasteiger partial charge >= 0.3 is 11.9 Å². The summed E-state index contributed by atoms with van der Waals surface area (Å²) in [4.78, 5) is 27.0. The molecule has 2 aromatic carbocycles. The molecule has 31 heavy (non-hydrogen) atoms. The minimum Gasteiger partial charge on any atom is -0.468 e. The Bertz CT molecular complexity index is 1030. The number of carbonyl (C=O) groups excluding carboxylic acids is 2. The van der Waals surface area contributed by atoms with Crippen molar-refractivity contribution in [3.63, 3.8) is 0 Å². The highest BCUT2D eigenvalue weighted by atomic mass is 16.5. The molecule has 1 fully saturated rings. The van der Waals surface area contributed by atoms with Crippen LogP contribution >= 0.6 is 0 Å². The molecule has 2 bridgehead atoms. The van der Waals surface area contributed by atoms with Crippen molar-refractivity contribution >= 4 is 23.1 Å². The molecule has 0 unspecified atom stereocenters. The summed E-state index contributed by atoms with van der Waals surface area (Å²) in [6.45, 7) is 1.89. The van der Waals surface area contributed by atoms with Gasteiger partial charge in [0, 0.05) is 6.61 Å². The zero-order valence-electron chi connectivity index (χ0n) is 18.2. The highest BCUT2D eigenvalue weighted by Gasteiger charge is 2.75. The number of fused-ring (bicyclic) bond motifs is 2. The van der Waals surface area contributed by atoms with Crippen LogP contribution in [0.25, 0.3) is 11.1 Å². The lowest BCUT2D eigenvalue weighted by Gasteiger charge is -2.45. The van der Waals surface area contributed by atoms with Crippen molar-refractivity contribution in [1.82, 2.24) is 0 Å². The summed E-state index contributed by atoms with van der Waals surface area (Å²) in [7, 11) is 2.78. The molecule has 1 saturated carbocycles. The zero-order chi connectivity index (χ0) is 22.3. The monoisotopic (exact) mass is 420 g/mol. The number of esters is 2. The molecule has 5 heteroatoms. The number of aliphatic hydroxyl groups excluding tert-OH is 1. The Morgan fingerprint density at radius 1 is 0.839 bits per heavy atom. The molecule has 0 saturated heterocycles. The standard InChI is InChI=1S/C26H28O5/c1-24(14-15-27)16-25(22(28)30-2)17-26(24,23(29)31-3)21(19-12-8-5-9-13-19)20(25)18-10-6-4-7-11-18/h4-13,27H,14-17H2,1-3H3/t24-,25-,26+/m0/s1. The maximum Gasteiger partial charge on any atom is 0.316 e. The molecule has 2 aromatic rings. The van der Waals surface area contributed by atoms with Gasteiger partial charge in [0.2, 0.25) is 0 Å². The molecule has 0 amide bonds. The molecule has 4 rings (SSSR count). The largest absolute Gasteiger partial charge is 0.468 e. The molecule has 3 atom stereocenters. The molecule has 0 aromatic heterocycles. The van der Waals surface area contributed by atoms with Crippen molar-refractivity contribution < 1.29 is 24.2 Å². The first kappa shape index (κ1) is 21.3. The van der Waals surface area contributed by atoms with Crippen LogP contribution in [0.15, 0.2) is 60.7 Å². The van der Waals surface area contributed by atoms with Crippen molar-refractivity contribution in [3.05, 3.63) is 71.8 Å². The molecular formula is C26H28O5. The molecule has 1 N–H and O–H groups in total. The smallest absolute Gasteiger partial charge is 0.316 e. The Morgan fingerprint density at radius 2 is 1.35 bits per heavy atom. The van der Waals surface area contributed by atoms with Gasteiger partial charge in [-0.1, -0.05) is 67.6 Å². The number of aliphatic hydroxyl groups is 1. The number of hydrogen-bond donors (Lipinski definition) is 1. The summed E-state index contributed by atoms with van der Waals surface area (Å²) in [5.41, 5.74) is 0.646. The predicted molar refractivity (Wildman–Crippen MR) is 118 cm³/mol. The first-order valence-corrected chi connectivity index (χ1v) is 10.5. The minimum absolute atomic E-state index is 0.0881. The number of methoxy groups -OCH3 is 2. The molecule has 2 aliphatic rings. The fourth-order valence-electron chi connectivity index (χ4n) is 6.17. The number of carbonyl (C=O) groups is 2. The predicted octanol–water partition coefficient (Wildman–Crippen LogP) is 4.11. The second-order valence-corrected chi connectivity index (χ2v) is 8.84. The van der Waals surface area contributed by atoms with Crippen molar-refractivity contribution in [2.45, 2.75) is 26.2 Å². The van der Waals surface area contributed by atoms with Crippen LogP contribution in [-0.4, -0.2) is 37.9 Å². The first-order chi connectivity index (χ1) is 14.9. The van der Waals surface area contributed by atoms with Gasteiger partial charge in [-0.25, -0.2) is 0 Å². The maximum absolute atomic E-state index is 13.6. The van der Waals surface area contributed by atoms with Crippen molar-refractivity contribution in [2.75, 3.05) is 20.8 Å². The van der Waals surface area contributed by atoms with E-state index in [-0.39, 0.29) is 25.0 Å². The van der Waals surface area contributed by atoms with E-state index >= 15 is 0 Å². The van der Waals surface area contributed by atoms with Crippen molar-refractivity contribution in [2.24, 2.45) is 16.2 Å². The van der Waals surface area contributed by atoms with Gasteiger partial charge in [0.15, 0.2) is 0 Å². The van der Waals surface area contributed by atoms with E-state index in [1.165, 1.54) is 14.2 Å². The highest BCUT2D eigenvalue weighted by molar-refractivity contribution is 6.15. The van der Waals surface area contributed by atoms with Gasteiger partial charge in [0.05, 0.1) is 19.6 Å². The van der Waals surface area contributed by atoms with Gasteiger partial charge in [-0.2, -0.15) is 0 Å². The van der Waals surface area contributed by atoms with E-state index in [1.54, 1.807) is 0 Å². The van der Waals surface area contributed by atoms with Gasteiger partial charge in [0.1, 0.15) is 5.41 Å². The lowest BCUT2D eigenvalue weighted by molar-refractivity contribution is -0.154. The number of rotatable bonds is 6. The first-order valence-electron chi connectivity index (χ1n) is 10.5. The van der Waals surface area contributed by atoms with E-state index < -0.39 is 16.2 Å². The molecule has 0 aliphatic heterocycles. The van der Waals surface area contributed by atoms with Crippen LogP contribution in [0.4, 0.5) is 0 Å². The normalized spacial score (nSPS) is 29.2. The Balaban J connectivity index is 2.16. The van der Waals surface area contributed by atoms with Gasteiger partial charge in [-0.05, 0) is 47.0 Å². The third-order valence-electron chi connectivity index (χ3n) is 7.34. The quantitative estimate of drug-likeness (QED) is 0.712. The van der Waals surface area contributed by atoms with Crippen molar-refractivity contribution in [1.29, 1.82) is 0 Å². The third kappa shape index (κ3) is 2.79. The minimum atomic E-state index is -1.08. The Kier molecular flexibility index (Phi) is 5.26. The van der Waals surface area contributed by atoms with Crippen LogP contribution < -0.4 is 0 Å². The summed E-state index contributed by atoms with van der Waals surface area (Å²) in [5, 5.41) is 9.92. The molecule has 5 nitrogen and oxygen atoms in total. The highest BCUT2D eigenvalue weighted by Crippen LogP contribution is 2.77. The van der Waals surface area contributed by atoms with E-state index in [1.807, 2.05) is 67.6 Å². The van der Waals surface area contributed by atoms with E-state index in [9.17, 15) is 14.7 Å². The Labute approximate surface area is 182 Å². The summed E-state index contributed by atoms with van der Waals surface area (Å²) in [6.07, 6.45) is 1.05. The third-order valence-corrected chi connectivity index (χ3v) is 7.34. The van der Waals surface area contributed by atoms with E-state index in [2.05, 4.69) is 0 Å². The van der Waals surface area contributed by atoms with Crippen LogP contribution in [0.3, 0.4) is 0 Å². The molecule has 162 valence electrons. The summed E-state index contributed by atoms with van der Waals surface area (Å²) >= 11 is 0. The molecule has 2 aliphatic carbocycles. The second kappa shape index (κ2) is 7.65. The van der Waals surface area contributed by atoms with Crippen molar-refractivity contribution in [3.8, 4) is 0 Å². The van der Waals surface area contributed by atoms with Crippen LogP contribution in [-0.2, 0) is 19.1 Å². The van der Waals surface area contributed by atoms with E-state index in [0.29, 0.717) is 12.8 Å². The number of hydrogen-bond acceptors (Lipinski definition) is 5. The fourth-order valence-corrected chi connectivity index (χ4v) is 6.17. The fraction of sp³-hybridized carbons (Fsp3) is 0.385. The van der Waals surface area contributed by atoms with Gasteiger partial charge in [-0.3, -0.25) is 9.59 Å². The molecule has 0 radical (unpaired) electrons. The lowest BCUT2D eigenvalue weighted by Crippen LogP contribution is -2.45. The second-order valence-electron chi connectivity index (χ2n) is 8.84. The van der Waals surface area contributed by atoms with E-state index in [4.69, 9.17) is 9.47 Å². The maximum atomic E-state index is 13.6. The summed E-state index contributed by atoms with van der Waals surface area (Å²) in [6, 6.07) is 19.4. The zero-order valence-corrected chi connectivity index (χ0v) is 18.2. The average molecular weight is 421 g/mol. The Hall–Kier alpha value is -2.92. The van der Waals surface area contributed by atoms with Crippen LogP contribution in [0.5, 0.6) is 0 Å². The number of ether oxygens (including phenoxy) is 2. The van der Waals surface area contributed by atoms with Crippen LogP contribution in [0.2, 0.25) is 0 Å². The van der Waals surface area contributed by atoms with Crippen LogP contribution in [0.1, 0.15) is 37.3 Å². The van der Waals surface area contributed by atoms with Gasteiger partial charge in [-0.15, -0.1) is 0 Å². The topological polar surface area (TPSA) is 72.8 Å². The summed E-state index contributed by atoms with van der Waals surface area (Å²) in [5.74, 6) is -0.730. The number of benzene rings is 2. The van der Waals surface area contributed by atoms with Gasteiger partial charge < -0.3 is 14.6 Å². The molecule has 0 spiro atoms. The Morgan fingerprint density at radius 3 is 1.84 bits per heavy atom. The lowest BCUT2D eigenvalue weighted by atomic mass is 9.57. The average Bonchev–Trinajstić information content (AvgIpc) is 3.26. The molecule has 0 heterocycles. The molecular weight excluding hydrogens is 392 g/mol.